The summed E-state index contributed by atoms with van der Waals surface area (Å²) in [5.41, 5.74) is 0. The van der Waals surface area contributed by atoms with Gasteiger partial charge in [0.1, 0.15) is 0 Å². The van der Waals surface area contributed by atoms with Gasteiger partial charge in [-0.25, -0.2) is 0 Å². The van der Waals surface area contributed by atoms with E-state index in [1.807, 2.05) is 0 Å². The molecule has 0 aromatic rings. The number of halogens is 1. The third-order valence-corrected chi connectivity index (χ3v) is 3.05. The summed E-state index contributed by atoms with van der Waals surface area (Å²) in [5.74, 6) is 0.783. The zero-order valence-electron chi connectivity index (χ0n) is 9.10. The van der Waals surface area contributed by atoms with Crippen molar-refractivity contribution in [2.75, 3.05) is 26.3 Å². The predicted octanol–water partition coefficient (Wildman–Crippen LogP) is 2.41. The van der Waals surface area contributed by atoms with E-state index in [9.17, 15) is 0 Å². The average molecular weight is 220 g/mol. The number of ether oxygens (including phenoxy) is 1. The van der Waals surface area contributed by atoms with Crippen molar-refractivity contribution >= 4 is 11.6 Å². The molecule has 1 atom stereocenters. The molecule has 1 rings (SSSR count). The van der Waals surface area contributed by atoms with Crippen LogP contribution >= 0.6 is 11.6 Å². The maximum atomic E-state index is 6.14. The number of nitrogens with one attached hydrogen (secondary N) is 1. The summed E-state index contributed by atoms with van der Waals surface area (Å²) in [6.45, 7) is 5.75. The predicted molar refractivity (Wildman–Crippen MR) is 61.0 cm³/mol. The lowest BCUT2D eigenvalue weighted by Gasteiger charge is -2.09. The standard InChI is InChI=1S/C11H22ClNO/c1-2-3-7-14-8-6-13-9-11(12)10-4-5-10/h10-11,13H,2-9H2,1H3. The Kier molecular flexibility index (Phi) is 6.57. The fourth-order valence-electron chi connectivity index (χ4n) is 1.36. The Morgan fingerprint density at radius 2 is 2.21 bits per heavy atom. The van der Waals surface area contributed by atoms with E-state index in [2.05, 4.69) is 12.2 Å². The second-order valence-corrected chi connectivity index (χ2v) is 4.58. The quantitative estimate of drug-likeness (QED) is 0.475. The van der Waals surface area contributed by atoms with Crippen molar-refractivity contribution in [3.05, 3.63) is 0 Å². The van der Waals surface area contributed by atoms with Crippen molar-refractivity contribution in [2.24, 2.45) is 5.92 Å². The van der Waals surface area contributed by atoms with Crippen LogP contribution in [0.15, 0.2) is 0 Å². The lowest BCUT2D eigenvalue weighted by molar-refractivity contribution is 0.133. The molecule has 0 aromatic heterocycles. The van der Waals surface area contributed by atoms with Crippen molar-refractivity contribution in [1.29, 1.82) is 0 Å². The first-order chi connectivity index (χ1) is 6.84. The number of alkyl halides is 1. The number of hydrogen-bond acceptors (Lipinski definition) is 2. The Labute approximate surface area is 92.3 Å². The number of rotatable bonds is 9. The maximum Gasteiger partial charge on any atom is 0.0590 e. The van der Waals surface area contributed by atoms with Gasteiger partial charge in [-0.15, -0.1) is 11.6 Å². The van der Waals surface area contributed by atoms with Crippen LogP contribution in [0.25, 0.3) is 0 Å². The van der Waals surface area contributed by atoms with E-state index in [1.165, 1.54) is 25.7 Å². The van der Waals surface area contributed by atoms with E-state index >= 15 is 0 Å². The molecule has 1 saturated carbocycles. The van der Waals surface area contributed by atoms with E-state index < -0.39 is 0 Å². The molecule has 0 bridgehead atoms. The van der Waals surface area contributed by atoms with Crippen molar-refractivity contribution in [3.63, 3.8) is 0 Å². The molecular weight excluding hydrogens is 198 g/mol. The van der Waals surface area contributed by atoms with Crippen LogP contribution in [-0.4, -0.2) is 31.7 Å². The molecule has 1 aliphatic carbocycles. The van der Waals surface area contributed by atoms with Crippen LogP contribution < -0.4 is 5.32 Å². The van der Waals surface area contributed by atoms with E-state index in [0.29, 0.717) is 5.38 Å². The van der Waals surface area contributed by atoms with Crippen LogP contribution in [-0.2, 0) is 4.74 Å². The molecule has 0 spiro atoms. The van der Waals surface area contributed by atoms with Gasteiger partial charge in [0.05, 0.1) is 6.61 Å². The second-order valence-electron chi connectivity index (χ2n) is 4.02. The molecule has 1 N–H and O–H groups in total. The molecule has 3 heteroatoms. The smallest absolute Gasteiger partial charge is 0.0590 e. The van der Waals surface area contributed by atoms with E-state index in [1.54, 1.807) is 0 Å². The zero-order valence-corrected chi connectivity index (χ0v) is 9.85. The van der Waals surface area contributed by atoms with Gasteiger partial charge in [-0.2, -0.15) is 0 Å². The molecule has 0 aliphatic heterocycles. The monoisotopic (exact) mass is 219 g/mol. The Bertz CT molecular complexity index is 139. The van der Waals surface area contributed by atoms with Gasteiger partial charge >= 0.3 is 0 Å². The number of unbranched alkanes of at least 4 members (excludes halogenated alkanes) is 1. The van der Waals surface area contributed by atoms with Crippen LogP contribution in [0.5, 0.6) is 0 Å². The van der Waals surface area contributed by atoms with Crippen molar-refractivity contribution in [3.8, 4) is 0 Å². The first-order valence-corrected chi connectivity index (χ1v) is 6.20. The molecule has 1 aliphatic rings. The van der Waals surface area contributed by atoms with Gasteiger partial charge in [-0.05, 0) is 25.2 Å². The summed E-state index contributed by atoms with van der Waals surface area (Å²) in [6, 6.07) is 0. The van der Waals surface area contributed by atoms with Crippen LogP contribution in [0.3, 0.4) is 0 Å². The highest BCUT2D eigenvalue weighted by Crippen LogP contribution is 2.35. The molecule has 1 unspecified atom stereocenters. The van der Waals surface area contributed by atoms with Crippen LogP contribution in [0, 0.1) is 5.92 Å². The molecular formula is C11H22ClNO. The highest BCUT2D eigenvalue weighted by molar-refractivity contribution is 6.21. The molecule has 0 aromatic carbocycles. The molecule has 0 saturated heterocycles. The minimum Gasteiger partial charge on any atom is -0.380 e. The summed E-state index contributed by atoms with van der Waals surface area (Å²) in [7, 11) is 0. The van der Waals surface area contributed by atoms with Gasteiger partial charge in [0.15, 0.2) is 0 Å². The molecule has 2 nitrogen and oxygen atoms in total. The summed E-state index contributed by atoms with van der Waals surface area (Å²) in [5, 5.41) is 3.67. The molecule has 0 amide bonds. The molecule has 0 radical (unpaired) electrons. The SMILES string of the molecule is CCCCOCCNCC(Cl)C1CC1. The third-order valence-electron chi connectivity index (χ3n) is 2.54. The Balaban J connectivity index is 1.75. The Morgan fingerprint density at radius 3 is 2.86 bits per heavy atom. The lowest BCUT2D eigenvalue weighted by atomic mass is 10.3. The van der Waals surface area contributed by atoms with Gasteiger partial charge in [0.2, 0.25) is 0 Å². The summed E-state index contributed by atoms with van der Waals surface area (Å²) >= 11 is 6.14. The van der Waals surface area contributed by atoms with Crippen LogP contribution in [0.4, 0.5) is 0 Å². The van der Waals surface area contributed by atoms with Crippen LogP contribution in [0.1, 0.15) is 32.6 Å². The fourth-order valence-corrected chi connectivity index (χ4v) is 1.72. The Hall–Kier alpha value is 0.210. The van der Waals surface area contributed by atoms with Crippen molar-refractivity contribution in [1.82, 2.24) is 5.32 Å². The summed E-state index contributed by atoms with van der Waals surface area (Å²) < 4.78 is 5.43. The lowest BCUT2D eigenvalue weighted by Crippen LogP contribution is -2.27. The van der Waals surface area contributed by atoms with E-state index in [0.717, 1.165) is 32.2 Å². The van der Waals surface area contributed by atoms with Gasteiger partial charge in [0.25, 0.3) is 0 Å². The minimum absolute atomic E-state index is 0.339. The fraction of sp³-hybridized carbons (Fsp3) is 1.00. The van der Waals surface area contributed by atoms with E-state index in [4.69, 9.17) is 16.3 Å². The zero-order chi connectivity index (χ0) is 10.2. The first-order valence-electron chi connectivity index (χ1n) is 5.77. The largest absolute Gasteiger partial charge is 0.380 e. The van der Waals surface area contributed by atoms with Crippen molar-refractivity contribution < 1.29 is 4.74 Å². The van der Waals surface area contributed by atoms with Gasteiger partial charge < -0.3 is 10.1 Å². The average Bonchev–Trinajstić information content (AvgIpc) is 2.99. The molecule has 14 heavy (non-hydrogen) atoms. The minimum atomic E-state index is 0.339. The summed E-state index contributed by atoms with van der Waals surface area (Å²) in [6.07, 6.45) is 5.02. The first kappa shape index (κ1) is 12.3. The van der Waals surface area contributed by atoms with Crippen LogP contribution in [0.2, 0.25) is 0 Å². The van der Waals surface area contributed by atoms with Gasteiger partial charge in [-0.3, -0.25) is 0 Å². The normalized spacial score (nSPS) is 18.4. The molecule has 1 fully saturated rings. The number of hydrogen-bond donors (Lipinski definition) is 1. The van der Waals surface area contributed by atoms with E-state index in [-0.39, 0.29) is 0 Å². The second kappa shape index (κ2) is 7.49. The third kappa shape index (κ3) is 5.84. The highest BCUT2D eigenvalue weighted by atomic mass is 35.5. The Morgan fingerprint density at radius 1 is 1.43 bits per heavy atom. The van der Waals surface area contributed by atoms with Gasteiger partial charge in [0, 0.05) is 25.1 Å². The molecule has 84 valence electrons. The van der Waals surface area contributed by atoms with Gasteiger partial charge in [-0.1, -0.05) is 13.3 Å². The molecule has 0 heterocycles. The van der Waals surface area contributed by atoms with Crippen molar-refractivity contribution in [2.45, 2.75) is 38.0 Å². The topological polar surface area (TPSA) is 21.3 Å². The maximum absolute atomic E-state index is 6.14. The highest BCUT2D eigenvalue weighted by Gasteiger charge is 2.28. The summed E-state index contributed by atoms with van der Waals surface area (Å²) in [4.78, 5) is 0.